The van der Waals surface area contributed by atoms with Crippen molar-refractivity contribution in [2.45, 2.75) is 38.1 Å². The van der Waals surface area contributed by atoms with E-state index in [1.165, 1.54) is 0 Å². The number of hydrogen-bond donors (Lipinski definition) is 2. The molecule has 1 saturated carbocycles. The van der Waals surface area contributed by atoms with Gasteiger partial charge in [0.1, 0.15) is 5.75 Å². The maximum Gasteiger partial charge on any atom is 0.306 e. The quantitative estimate of drug-likeness (QED) is 0.715. The zero-order valence-electron chi connectivity index (χ0n) is 13.1. The Hall–Kier alpha value is -2.37. The van der Waals surface area contributed by atoms with E-state index in [0.29, 0.717) is 37.0 Å². The number of carboxylic acids is 1. The van der Waals surface area contributed by atoms with E-state index in [-0.39, 0.29) is 30.1 Å². The van der Waals surface area contributed by atoms with Crippen molar-refractivity contribution in [3.63, 3.8) is 0 Å². The van der Waals surface area contributed by atoms with Crippen LogP contribution in [0.2, 0.25) is 0 Å². The van der Waals surface area contributed by atoms with Gasteiger partial charge in [-0.05, 0) is 43.5 Å². The molecule has 0 atom stereocenters. The van der Waals surface area contributed by atoms with E-state index in [9.17, 15) is 14.4 Å². The summed E-state index contributed by atoms with van der Waals surface area (Å²) in [5.41, 5.74) is 0.606. The molecule has 0 radical (unpaired) electrons. The van der Waals surface area contributed by atoms with E-state index in [1.807, 2.05) is 0 Å². The second-order valence-corrected chi connectivity index (χ2v) is 5.78. The Morgan fingerprint density at radius 3 is 2.39 bits per heavy atom. The molecule has 2 rings (SSSR count). The predicted molar refractivity (Wildman–Crippen MR) is 83.5 cm³/mol. The van der Waals surface area contributed by atoms with Crippen molar-refractivity contribution in [2.75, 3.05) is 7.11 Å². The van der Waals surface area contributed by atoms with E-state index in [2.05, 4.69) is 5.32 Å². The van der Waals surface area contributed by atoms with Gasteiger partial charge in [0.15, 0.2) is 5.78 Å². The number of hydrogen-bond acceptors (Lipinski definition) is 4. The van der Waals surface area contributed by atoms with Gasteiger partial charge < -0.3 is 15.2 Å². The molecule has 0 saturated heterocycles. The molecule has 1 fully saturated rings. The van der Waals surface area contributed by atoms with Gasteiger partial charge in [0.25, 0.3) is 0 Å². The van der Waals surface area contributed by atoms with Crippen LogP contribution in [0.5, 0.6) is 5.75 Å². The summed E-state index contributed by atoms with van der Waals surface area (Å²) in [6.07, 6.45) is 2.04. The standard InChI is InChI=1S/C17H21NO5/c1-23-14-7-5-11(6-8-14)15(19)3-2-4-16(20)18-13-9-12(10-13)17(21)22/h5-8,12-13H,2-4,9-10H2,1H3,(H,18,20)(H,21,22). The van der Waals surface area contributed by atoms with Gasteiger partial charge in [0, 0.05) is 24.4 Å². The first-order valence-electron chi connectivity index (χ1n) is 7.69. The number of carbonyl (C=O) groups excluding carboxylic acids is 2. The van der Waals surface area contributed by atoms with Crippen LogP contribution in [-0.2, 0) is 9.59 Å². The summed E-state index contributed by atoms with van der Waals surface area (Å²) in [4.78, 5) is 34.4. The lowest BCUT2D eigenvalue weighted by atomic mass is 9.80. The summed E-state index contributed by atoms with van der Waals surface area (Å²) in [5, 5.41) is 11.6. The monoisotopic (exact) mass is 319 g/mol. The third-order valence-electron chi connectivity index (χ3n) is 4.07. The Balaban J connectivity index is 1.65. The highest BCUT2D eigenvalue weighted by Gasteiger charge is 2.35. The molecule has 2 N–H and O–H groups in total. The van der Waals surface area contributed by atoms with Gasteiger partial charge in [0.2, 0.25) is 5.91 Å². The number of carbonyl (C=O) groups is 3. The number of ether oxygens (including phenoxy) is 1. The molecule has 1 aliphatic carbocycles. The highest BCUT2D eigenvalue weighted by Crippen LogP contribution is 2.27. The third-order valence-corrected chi connectivity index (χ3v) is 4.07. The number of nitrogens with one attached hydrogen (secondary N) is 1. The van der Waals surface area contributed by atoms with Gasteiger partial charge >= 0.3 is 5.97 Å². The van der Waals surface area contributed by atoms with Crippen molar-refractivity contribution in [1.82, 2.24) is 5.32 Å². The molecule has 6 heteroatoms. The first-order valence-corrected chi connectivity index (χ1v) is 7.69. The van der Waals surface area contributed by atoms with Crippen LogP contribution in [-0.4, -0.2) is 35.9 Å². The number of carboxylic acid groups (broad SMARTS) is 1. The third kappa shape index (κ3) is 4.81. The van der Waals surface area contributed by atoms with Crippen molar-refractivity contribution in [2.24, 2.45) is 5.92 Å². The Bertz CT molecular complexity index is 575. The van der Waals surface area contributed by atoms with Crippen molar-refractivity contribution in [3.05, 3.63) is 29.8 Å². The van der Waals surface area contributed by atoms with E-state index in [4.69, 9.17) is 9.84 Å². The minimum Gasteiger partial charge on any atom is -0.497 e. The molecule has 1 aromatic carbocycles. The number of methoxy groups -OCH3 is 1. The summed E-state index contributed by atoms with van der Waals surface area (Å²) in [6.45, 7) is 0. The van der Waals surface area contributed by atoms with E-state index in [0.717, 1.165) is 0 Å². The molecule has 1 aliphatic rings. The molecule has 0 heterocycles. The van der Waals surface area contributed by atoms with Gasteiger partial charge in [0.05, 0.1) is 13.0 Å². The molecule has 1 aromatic rings. The topological polar surface area (TPSA) is 92.7 Å². The van der Waals surface area contributed by atoms with Crippen molar-refractivity contribution in [1.29, 1.82) is 0 Å². The van der Waals surface area contributed by atoms with Crippen molar-refractivity contribution < 1.29 is 24.2 Å². The molecule has 1 amide bonds. The van der Waals surface area contributed by atoms with Crippen molar-refractivity contribution >= 4 is 17.7 Å². The second kappa shape index (κ2) is 7.76. The van der Waals surface area contributed by atoms with E-state index < -0.39 is 5.97 Å². The average Bonchev–Trinajstić information content (AvgIpc) is 2.50. The number of rotatable bonds is 8. The van der Waals surface area contributed by atoms with Crippen LogP contribution < -0.4 is 10.1 Å². The normalized spacial score (nSPS) is 19.5. The SMILES string of the molecule is COc1ccc(C(=O)CCCC(=O)NC2CC(C(=O)O)C2)cc1. The molecule has 0 aromatic heterocycles. The molecule has 0 spiro atoms. The highest BCUT2D eigenvalue weighted by atomic mass is 16.5. The molecule has 0 bridgehead atoms. The number of Topliss-reactive ketones (excluding diaryl/α,β-unsaturated/α-hetero) is 1. The van der Waals surface area contributed by atoms with Gasteiger partial charge in [-0.3, -0.25) is 14.4 Å². The predicted octanol–water partition coefficient (Wildman–Crippen LogP) is 2.03. The smallest absolute Gasteiger partial charge is 0.306 e. The summed E-state index contributed by atoms with van der Waals surface area (Å²) in [6, 6.07) is 6.84. The van der Waals surface area contributed by atoms with Crippen LogP contribution in [0.25, 0.3) is 0 Å². The van der Waals surface area contributed by atoms with Crippen LogP contribution in [0.4, 0.5) is 0 Å². The Kier molecular flexibility index (Phi) is 5.73. The van der Waals surface area contributed by atoms with Gasteiger partial charge in [-0.25, -0.2) is 0 Å². The summed E-state index contributed by atoms with van der Waals surface area (Å²) in [7, 11) is 1.57. The van der Waals surface area contributed by atoms with E-state index in [1.54, 1.807) is 31.4 Å². The lowest BCUT2D eigenvalue weighted by Gasteiger charge is -2.32. The Morgan fingerprint density at radius 1 is 1.17 bits per heavy atom. The molecule has 23 heavy (non-hydrogen) atoms. The fraction of sp³-hybridized carbons (Fsp3) is 0.471. The molecular weight excluding hydrogens is 298 g/mol. The van der Waals surface area contributed by atoms with Gasteiger partial charge in [-0.15, -0.1) is 0 Å². The first-order chi connectivity index (χ1) is 11.0. The molecular formula is C17H21NO5. The maximum atomic E-state index is 12.0. The fourth-order valence-electron chi connectivity index (χ4n) is 2.57. The largest absolute Gasteiger partial charge is 0.497 e. The summed E-state index contributed by atoms with van der Waals surface area (Å²) in [5.74, 6) is -0.574. The van der Waals surface area contributed by atoms with Crippen LogP contribution in [0.15, 0.2) is 24.3 Å². The number of aliphatic carboxylic acids is 1. The maximum absolute atomic E-state index is 12.0. The van der Waals surface area contributed by atoms with Crippen molar-refractivity contribution in [3.8, 4) is 5.75 Å². The Labute approximate surface area is 134 Å². The minimum absolute atomic E-state index is 0.00459. The minimum atomic E-state index is -0.805. The average molecular weight is 319 g/mol. The van der Waals surface area contributed by atoms with Crippen LogP contribution in [0.3, 0.4) is 0 Å². The lowest BCUT2D eigenvalue weighted by molar-refractivity contribution is -0.146. The number of ketones is 1. The Morgan fingerprint density at radius 2 is 1.83 bits per heavy atom. The number of amides is 1. The van der Waals surface area contributed by atoms with Crippen LogP contribution in [0.1, 0.15) is 42.5 Å². The van der Waals surface area contributed by atoms with Crippen LogP contribution in [0, 0.1) is 5.92 Å². The second-order valence-electron chi connectivity index (χ2n) is 5.78. The van der Waals surface area contributed by atoms with Crippen LogP contribution >= 0.6 is 0 Å². The first kappa shape index (κ1) is 17.0. The molecule has 0 unspecified atom stereocenters. The summed E-state index contributed by atoms with van der Waals surface area (Å²) >= 11 is 0. The summed E-state index contributed by atoms with van der Waals surface area (Å²) < 4.78 is 5.04. The molecule has 124 valence electrons. The van der Waals surface area contributed by atoms with Gasteiger partial charge in [-0.2, -0.15) is 0 Å². The zero-order chi connectivity index (χ0) is 16.8. The van der Waals surface area contributed by atoms with Gasteiger partial charge in [-0.1, -0.05) is 0 Å². The molecule has 0 aliphatic heterocycles. The highest BCUT2D eigenvalue weighted by molar-refractivity contribution is 5.96. The van der Waals surface area contributed by atoms with E-state index >= 15 is 0 Å². The lowest BCUT2D eigenvalue weighted by Crippen LogP contribution is -2.46. The number of benzene rings is 1. The fourth-order valence-corrected chi connectivity index (χ4v) is 2.57. The zero-order valence-corrected chi connectivity index (χ0v) is 13.1. The molecule has 6 nitrogen and oxygen atoms in total.